The summed E-state index contributed by atoms with van der Waals surface area (Å²) in [6, 6.07) is 8.55. The van der Waals surface area contributed by atoms with Gasteiger partial charge in [0.25, 0.3) is 5.91 Å². The molecule has 42 heavy (non-hydrogen) atoms. The van der Waals surface area contributed by atoms with Crippen molar-refractivity contribution in [2.24, 2.45) is 11.8 Å². The highest BCUT2D eigenvalue weighted by Gasteiger charge is 2.64. The summed E-state index contributed by atoms with van der Waals surface area (Å²) in [5.74, 6) is -6.65. The molecule has 0 heterocycles. The first kappa shape index (κ1) is 29.2. The molecule has 1 fully saturated rings. The van der Waals surface area contributed by atoms with E-state index in [1.165, 1.54) is 11.0 Å². The zero-order valence-electron chi connectivity index (χ0n) is 23.3. The van der Waals surface area contributed by atoms with Crippen molar-refractivity contribution in [1.29, 1.82) is 0 Å². The first-order valence-corrected chi connectivity index (χ1v) is 13.5. The lowest BCUT2D eigenvalue weighted by Gasteiger charge is -2.50. The molecule has 0 radical (unpaired) electrons. The first-order valence-electron chi connectivity index (χ1n) is 13.5. The minimum atomic E-state index is -2.63. The van der Waals surface area contributed by atoms with E-state index in [9.17, 15) is 39.6 Å². The Morgan fingerprint density at radius 1 is 1.10 bits per heavy atom. The number of aromatic hydroxyl groups is 1. The van der Waals surface area contributed by atoms with E-state index in [-0.39, 0.29) is 42.9 Å². The third kappa shape index (κ3) is 4.23. The number of phenolic OH excluding ortho intramolecular Hbond substituents is 1. The predicted octanol–water partition coefficient (Wildman–Crippen LogP) is 1.46. The van der Waals surface area contributed by atoms with Crippen LogP contribution in [0.2, 0.25) is 0 Å². The van der Waals surface area contributed by atoms with Crippen LogP contribution < -0.4 is 5.32 Å². The fraction of sp³-hybridized carbons (Fsp3) is 0.355. The molecule has 3 aliphatic carbocycles. The molecule has 3 aliphatic rings. The van der Waals surface area contributed by atoms with Crippen LogP contribution in [0, 0.1) is 11.8 Å². The molecule has 0 spiro atoms. The second kappa shape index (κ2) is 10.5. The summed E-state index contributed by atoms with van der Waals surface area (Å²) < 4.78 is 0. The summed E-state index contributed by atoms with van der Waals surface area (Å²) in [7, 11) is 3.15. The van der Waals surface area contributed by atoms with Crippen molar-refractivity contribution >= 4 is 29.0 Å². The lowest BCUT2D eigenvalue weighted by molar-refractivity contribution is -0.153. The van der Waals surface area contributed by atoms with Crippen molar-refractivity contribution < 1.29 is 44.7 Å². The lowest BCUT2D eigenvalue weighted by atomic mass is 9.57. The number of nitrogens with one attached hydrogen (secondary N) is 1. The van der Waals surface area contributed by atoms with Crippen molar-refractivity contribution in [2.75, 3.05) is 27.2 Å². The number of aliphatic hydroxyl groups is 4. The van der Waals surface area contributed by atoms with E-state index in [4.69, 9.17) is 5.11 Å². The van der Waals surface area contributed by atoms with Gasteiger partial charge in [-0.05, 0) is 74.7 Å². The number of aliphatic hydroxyl groups excluding tert-OH is 3. The van der Waals surface area contributed by atoms with E-state index in [0.717, 1.165) is 6.92 Å². The monoisotopic (exact) mass is 576 g/mol. The predicted molar refractivity (Wildman–Crippen MR) is 151 cm³/mol. The SMILES string of the molecule is CC(=O)C1=C(O)[C@@]2(O)C(=O)C3=C(O)c4c(O)ccc(-c5cccc(C(=O)NCCO)c5)c4C[C@H]3C[C@H]2[C@H](N(C)C)C1=O. The quantitative estimate of drug-likeness (QED) is 0.275. The second-order valence-corrected chi connectivity index (χ2v) is 11.2. The molecular weight excluding hydrogens is 544 g/mol. The average Bonchev–Trinajstić information content (AvgIpc) is 2.93. The number of rotatable bonds is 6. The molecule has 1 saturated carbocycles. The number of benzene rings is 2. The summed E-state index contributed by atoms with van der Waals surface area (Å²) in [6.45, 7) is 0.927. The van der Waals surface area contributed by atoms with Gasteiger partial charge >= 0.3 is 0 Å². The van der Waals surface area contributed by atoms with Crippen LogP contribution >= 0.6 is 0 Å². The summed E-state index contributed by atoms with van der Waals surface area (Å²) in [4.78, 5) is 53.7. The molecule has 2 aromatic rings. The maximum atomic E-state index is 14.0. The third-order valence-electron chi connectivity index (χ3n) is 8.54. The zero-order valence-corrected chi connectivity index (χ0v) is 23.3. The van der Waals surface area contributed by atoms with Crippen molar-refractivity contribution in [3.8, 4) is 16.9 Å². The molecule has 11 nitrogen and oxygen atoms in total. The third-order valence-corrected chi connectivity index (χ3v) is 8.54. The average molecular weight is 577 g/mol. The van der Waals surface area contributed by atoms with Crippen molar-refractivity contribution in [3.63, 3.8) is 0 Å². The number of likely N-dealkylation sites (N-methyl/N-ethyl adjacent to an activating group) is 1. The van der Waals surface area contributed by atoms with E-state index < -0.39 is 63.8 Å². The van der Waals surface area contributed by atoms with Crippen molar-refractivity contribution in [2.45, 2.75) is 31.4 Å². The summed E-state index contributed by atoms with van der Waals surface area (Å²) >= 11 is 0. The number of ketones is 3. The second-order valence-electron chi connectivity index (χ2n) is 11.2. The molecule has 5 rings (SSSR count). The molecule has 11 heteroatoms. The fourth-order valence-electron chi connectivity index (χ4n) is 6.72. The van der Waals surface area contributed by atoms with Crippen LogP contribution in [0.15, 0.2) is 53.3 Å². The Morgan fingerprint density at radius 2 is 1.81 bits per heavy atom. The van der Waals surface area contributed by atoms with Crippen LogP contribution in [0.1, 0.15) is 34.8 Å². The van der Waals surface area contributed by atoms with Gasteiger partial charge in [-0.25, -0.2) is 0 Å². The highest BCUT2D eigenvalue weighted by atomic mass is 16.3. The molecule has 0 bridgehead atoms. The van der Waals surface area contributed by atoms with Gasteiger partial charge in [-0.3, -0.25) is 24.1 Å². The lowest BCUT2D eigenvalue weighted by Crippen LogP contribution is -2.65. The summed E-state index contributed by atoms with van der Waals surface area (Å²) in [5, 5.41) is 56.7. The van der Waals surface area contributed by atoms with Gasteiger partial charge in [0.2, 0.25) is 5.78 Å². The van der Waals surface area contributed by atoms with Gasteiger partial charge < -0.3 is 30.8 Å². The molecular formula is C31H32N2O9. The van der Waals surface area contributed by atoms with E-state index in [2.05, 4.69) is 5.32 Å². The Balaban J connectivity index is 1.67. The number of hydrogen-bond acceptors (Lipinski definition) is 10. The van der Waals surface area contributed by atoms with Gasteiger partial charge in [-0.1, -0.05) is 18.2 Å². The van der Waals surface area contributed by atoms with Crippen LogP contribution in [0.5, 0.6) is 5.75 Å². The van der Waals surface area contributed by atoms with Crippen LogP contribution in [0.25, 0.3) is 16.9 Å². The number of amides is 1. The van der Waals surface area contributed by atoms with E-state index in [1.807, 2.05) is 0 Å². The topological polar surface area (TPSA) is 185 Å². The number of carbonyl (C=O) groups excluding carboxylic acids is 4. The number of carbonyl (C=O) groups is 4. The minimum absolute atomic E-state index is 0.00358. The van der Waals surface area contributed by atoms with Crippen molar-refractivity contribution in [3.05, 3.63) is 70.0 Å². The maximum Gasteiger partial charge on any atom is 0.251 e. The Kier molecular flexibility index (Phi) is 7.30. The Bertz CT molecular complexity index is 1610. The summed E-state index contributed by atoms with van der Waals surface area (Å²) in [6.07, 6.45) is 0.139. The number of Topliss-reactive ketones (excluding diaryl/α,β-unsaturated/α-hetero) is 3. The van der Waals surface area contributed by atoms with Gasteiger partial charge in [0.1, 0.15) is 22.8 Å². The molecule has 220 valence electrons. The normalized spacial score (nSPS) is 25.2. The molecule has 6 N–H and O–H groups in total. The van der Waals surface area contributed by atoms with Gasteiger partial charge in [0, 0.05) is 23.6 Å². The fourth-order valence-corrected chi connectivity index (χ4v) is 6.72. The van der Waals surface area contributed by atoms with Gasteiger partial charge in [0.05, 0.1) is 18.2 Å². The molecule has 0 unspecified atom stereocenters. The molecule has 0 aromatic heterocycles. The van der Waals surface area contributed by atoms with E-state index in [1.54, 1.807) is 44.4 Å². The first-order chi connectivity index (χ1) is 19.8. The number of nitrogens with zero attached hydrogens (tertiary/aromatic N) is 1. The smallest absolute Gasteiger partial charge is 0.251 e. The molecule has 0 saturated heterocycles. The number of phenols is 1. The van der Waals surface area contributed by atoms with Crippen molar-refractivity contribution in [1.82, 2.24) is 10.2 Å². The largest absolute Gasteiger partial charge is 0.508 e. The Morgan fingerprint density at radius 3 is 2.45 bits per heavy atom. The van der Waals surface area contributed by atoms with Crippen LogP contribution in [0.3, 0.4) is 0 Å². The Hall–Kier alpha value is -4.32. The molecule has 4 atom stereocenters. The number of hydrogen-bond donors (Lipinski definition) is 6. The van der Waals surface area contributed by atoms with E-state index in [0.29, 0.717) is 22.3 Å². The Labute approximate surface area is 241 Å². The van der Waals surface area contributed by atoms with Crippen LogP contribution in [-0.2, 0) is 20.8 Å². The van der Waals surface area contributed by atoms with Gasteiger partial charge in [0.15, 0.2) is 17.2 Å². The summed E-state index contributed by atoms with van der Waals surface area (Å²) in [5.41, 5.74) is -1.49. The van der Waals surface area contributed by atoms with Crippen LogP contribution in [-0.4, -0.2) is 92.6 Å². The molecule has 2 aromatic carbocycles. The number of fused-ring (bicyclic) bond motifs is 3. The minimum Gasteiger partial charge on any atom is -0.508 e. The van der Waals surface area contributed by atoms with Crippen LogP contribution in [0.4, 0.5) is 0 Å². The standard InChI is InChI=1S/C31H32N2O9/c1-14(35)22-27(38)25(33(2)3)20-13-17-12-19-18(15-5-4-6-16(11-15)30(41)32-9-10-34)7-8-21(36)24(19)26(37)23(17)29(40)31(20,42)28(22)39/h4-8,11,17,20,25,34,36-37,39,42H,9-10,12-13H2,1-3H3,(H,32,41)/t17-,20-,25-,31+/m0/s1. The van der Waals surface area contributed by atoms with Gasteiger partial charge in [-0.2, -0.15) is 0 Å². The van der Waals surface area contributed by atoms with Gasteiger partial charge in [-0.15, -0.1) is 0 Å². The van der Waals surface area contributed by atoms with E-state index >= 15 is 0 Å². The highest BCUT2D eigenvalue weighted by molar-refractivity contribution is 6.25. The highest BCUT2D eigenvalue weighted by Crippen LogP contribution is 2.53. The molecule has 0 aliphatic heterocycles. The maximum absolute atomic E-state index is 14.0. The zero-order chi connectivity index (χ0) is 30.7. The molecule has 1 amide bonds.